The van der Waals surface area contributed by atoms with Gasteiger partial charge in [-0.05, 0) is 38.5 Å². The van der Waals surface area contributed by atoms with Crippen molar-refractivity contribution in [2.75, 3.05) is 13.1 Å². The molecule has 0 aliphatic rings. The van der Waals surface area contributed by atoms with E-state index < -0.39 is 32.1 Å². The summed E-state index contributed by atoms with van der Waals surface area (Å²) in [6.45, 7) is 5.36. The van der Waals surface area contributed by atoms with Crippen LogP contribution in [0.15, 0.2) is 23.1 Å². The van der Waals surface area contributed by atoms with Crippen molar-refractivity contribution < 1.29 is 17.2 Å². The monoisotopic (exact) mass is 306 g/mol. The third-order valence-corrected chi connectivity index (χ3v) is 5.19. The smallest absolute Gasteiger partial charge is 0.246 e. The highest BCUT2D eigenvalue weighted by Gasteiger charge is 2.37. The van der Waals surface area contributed by atoms with E-state index in [1.54, 1.807) is 20.8 Å². The van der Waals surface area contributed by atoms with E-state index in [0.29, 0.717) is 12.5 Å². The topological polar surface area (TPSA) is 63.4 Å². The first-order valence-corrected chi connectivity index (χ1v) is 7.78. The highest BCUT2D eigenvalue weighted by molar-refractivity contribution is 7.89. The van der Waals surface area contributed by atoms with E-state index in [1.165, 1.54) is 0 Å². The molecule has 114 valence electrons. The largest absolute Gasteiger partial charge is 0.329 e. The molecule has 0 unspecified atom stereocenters. The Bertz CT molecular complexity index is 574. The Hall–Kier alpha value is -1.05. The highest BCUT2D eigenvalue weighted by Crippen LogP contribution is 2.26. The van der Waals surface area contributed by atoms with Crippen LogP contribution < -0.4 is 5.73 Å². The van der Waals surface area contributed by atoms with E-state index in [2.05, 4.69) is 0 Å². The van der Waals surface area contributed by atoms with E-state index in [-0.39, 0.29) is 13.1 Å². The molecule has 0 radical (unpaired) electrons. The van der Waals surface area contributed by atoms with Crippen molar-refractivity contribution in [2.24, 2.45) is 5.73 Å². The summed E-state index contributed by atoms with van der Waals surface area (Å²) in [4.78, 5) is -0.660. The van der Waals surface area contributed by atoms with Gasteiger partial charge in [0.2, 0.25) is 10.0 Å². The van der Waals surface area contributed by atoms with Crippen molar-refractivity contribution in [3.63, 3.8) is 0 Å². The SMILES string of the molecule is CCCN(C(C)(C)CN)S(=O)(=O)c1cc(F)ccc1F. The van der Waals surface area contributed by atoms with E-state index in [0.717, 1.165) is 16.4 Å². The second-order valence-electron chi connectivity index (χ2n) is 5.17. The maximum absolute atomic E-state index is 13.8. The molecule has 1 aromatic carbocycles. The van der Waals surface area contributed by atoms with Crippen LogP contribution in [0.2, 0.25) is 0 Å². The predicted octanol–water partition coefficient (Wildman–Crippen LogP) is 2.10. The van der Waals surface area contributed by atoms with Crippen LogP contribution in [-0.2, 0) is 10.0 Å². The molecule has 0 fully saturated rings. The zero-order valence-corrected chi connectivity index (χ0v) is 12.7. The first-order valence-electron chi connectivity index (χ1n) is 6.34. The van der Waals surface area contributed by atoms with Crippen LogP contribution in [0.3, 0.4) is 0 Å². The summed E-state index contributed by atoms with van der Waals surface area (Å²) in [6, 6.07) is 2.38. The Morgan fingerprint density at radius 1 is 1.30 bits per heavy atom. The van der Waals surface area contributed by atoms with Crippen molar-refractivity contribution >= 4 is 10.0 Å². The number of sulfonamides is 1. The lowest BCUT2D eigenvalue weighted by Gasteiger charge is -2.36. The number of rotatable bonds is 6. The Morgan fingerprint density at radius 2 is 1.90 bits per heavy atom. The molecule has 0 saturated heterocycles. The van der Waals surface area contributed by atoms with Crippen molar-refractivity contribution in [1.29, 1.82) is 0 Å². The molecule has 2 N–H and O–H groups in total. The fourth-order valence-electron chi connectivity index (χ4n) is 1.85. The predicted molar refractivity (Wildman–Crippen MR) is 73.7 cm³/mol. The average molecular weight is 306 g/mol. The molecule has 0 amide bonds. The van der Waals surface area contributed by atoms with Crippen LogP contribution >= 0.6 is 0 Å². The van der Waals surface area contributed by atoms with Gasteiger partial charge in [0.05, 0.1) is 0 Å². The van der Waals surface area contributed by atoms with Gasteiger partial charge in [0, 0.05) is 18.6 Å². The summed E-state index contributed by atoms with van der Waals surface area (Å²) < 4.78 is 53.2. The first kappa shape index (κ1) is 17.0. The summed E-state index contributed by atoms with van der Waals surface area (Å²) in [5.74, 6) is -1.77. The van der Waals surface area contributed by atoms with Crippen LogP contribution in [-0.4, -0.2) is 31.4 Å². The van der Waals surface area contributed by atoms with Crippen molar-refractivity contribution in [3.8, 4) is 0 Å². The van der Waals surface area contributed by atoms with Crippen molar-refractivity contribution in [3.05, 3.63) is 29.8 Å². The van der Waals surface area contributed by atoms with Crippen molar-refractivity contribution in [1.82, 2.24) is 4.31 Å². The molecule has 0 aliphatic heterocycles. The number of hydrogen-bond donors (Lipinski definition) is 1. The van der Waals surface area contributed by atoms with E-state index in [1.807, 2.05) is 0 Å². The fraction of sp³-hybridized carbons (Fsp3) is 0.538. The highest BCUT2D eigenvalue weighted by atomic mass is 32.2. The van der Waals surface area contributed by atoms with Crippen molar-refractivity contribution in [2.45, 2.75) is 37.6 Å². The lowest BCUT2D eigenvalue weighted by atomic mass is 10.1. The molecule has 0 atom stereocenters. The molecule has 20 heavy (non-hydrogen) atoms. The standard InChI is InChI=1S/C13H20F2N2O2S/c1-4-7-17(13(2,3)9-16)20(18,19)12-8-10(14)5-6-11(12)15/h5-6,8H,4,7,9,16H2,1-3H3. The zero-order valence-electron chi connectivity index (χ0n) is 11.9. The Labute approximate surface area is 118 Å². The Morgan fingerprint density at radius 3 is 2.40 bits per heavy atom. The summed E-state index contributed by atoms with van der Waals surface area (Å²) in [5.41, 5.74) is 4.72. The minimum absolute atomic E-state index is 0.0726. The molecule has 0 saturated carbocycles. The molecule has 0 heterocycles. The summed E-state index contributed by atoms with van der Waals surface area (Å²) >= 11 is 0. The molecular formula is C13H20F2N2O2S. The first-order chi connectivity index (χ1) is 9.16. The molecule has 0 spiro atoms. The number of hydrogen-bond acceptors (Lipinski definition) is 3. The zero-order chi connectivity index (χ0) is 15.6. The normalized spacial score (nSPS) is 12.9. The van der Waals surface area contributed by atoms with Gasteiger partial charge < -0.3 is 5.73 Å². The fourth-order valence-corrected chi connectivity index (χ4v) is 3.81. The molecule has 0 aliphatic carbocycles. The Kier molecular flexibility index (Phi) is 5.23. The van der Waals surface area contributed by atoms with Gasteiger partial charge >= 0.3 is 0 Å². The Balaban J connectivity index is 3.41. The van der Waals surface area contributed by atoms with Gasteiger partial charge in [0.15, 0.2) is 0 Å². The molecule has 0 bridgehead atoms. The van der Waals surface area contributed by atoms with Gasteiger partial charge in [-0.25, -0.2) is 17.2 Å². The van der Waals surface area contributed by atoms with Crippen LogP contribution in [0.5, 0.6) is 0 Å². The quantitative estimate of drug-likeness (QED) is 0.875. The molecule has 4 nitrogen and oxygen atoms in total. The third-order valence-electron chi connectivity index (χ3n) is 3.06. The van der Waals surface area contributed by atoms with Crippen LogP contribution in [0.25, 0.3) is 0 Å². The second-order valence-corrected chi connectivity index (χ2v) is 7.00. The molecule has 1 aromatic rings. The maximum Gasteiger partial charge on any atom is 0.246 e. The third kappa shape index (κ3) is 3.34. The number of benzene rings is 1. The van der Waals surface area contributed by atoms with Crippen LogP contribution in [0.1, 0.15) is 27.2 Å². The van der Waals surface area contributed by atoms with E-state index in [9.17, 15) is 17.2 Å². The minimum Gasteiger partial charge on any atom is -0.329 e. The minimum atomic E-state index is -4.15. The summed E-state index contributed by atoms with van der Waals surface area (Å²) in [5, 5.41) is 0. The van der Waals surface area contributed by atoms with Gasteiger partial charge in [-0.2, -0.15) is 4.31 Å². The molecular weight excluding hydrogens is 286 g/mol. The van der Waals surface area contributed by atoms with Crippen LogP contribution in [0, 0.1) is 11.6 Å². The van der Waals surface area contributed by atoms with Gasteiger partial charge in [-0.3, -0.25) is 0 Å². The lowest BCUT2D eigenvalue weighted by molar-refractivity contribution is 0.234. The average Bonchev–Trinajstić information content (AvgIpc) is 2.38. The van der Waals surface area contributed by atoms with Gasteiger partial charge in [-0.1, -0.05) is 6.92 Å². The number of nitrogens with two attached hydrogens (primary N) is 1. The lowest BCUT2D eigenvalue weighted by Crippen LogP contribution is -2.52. The summed E-state index contributed by atoms with van der Waals surface area (Å²) in [6.07, 6.45) is 0.541. The summed E-state index contributed by atoms with van der Waals surface area (Å²) in [7, 11) is -4.15. The molecule has 7 heteroatoms. The molecule has 1 rings (SSSR count). The molecule has 0 aromatic heterocycles. The van der Waals surface area contributed by atoms with E-state index in [4.69, 9.17) is 5.73 Å². The van der Waals surface area contributed by atoms with Gasteiger partial charge in [0.1, 0.15) is 16.5 Å². The number of nitrogens with zero attached hydrogens (tertiary/aromatic N) is 1. The van der Waals surface area contributed by atoms with E-state index >= 15 is 0 Å². The second kappa shape index (κ2) is 6.15. The van der Waals surface area contributed by atoms with Gasteiger partial charge in [0.25, 0.3) is 0 Å². The number of halogens is 2. The maximum atomic E-state index is 13.8. The van der Waals surface area contributed by atoms with Gasteiger partial charge in [-0.15, -0.1) is 0 Å². The van der Waals surface area contributed by atoms with Crippen LogP contribution in [0.4, 0.5) is 8.78 Å².